The summed E-state index contributed by atoms with van der Waals surface area (Å²) in [6.07, 6.45) is 3.18. The van der Waals surface area contributed by atoms with Gasteiger partial charge in [0.1, 0.15) is 6.04 Å². The molecule has 0 unspecified atom stereocenters. The molecule has 0 bridgehead atoms. The predicted octanol–water partition coefficient (Wildman–Crippen LogP) is 0.0479. The molecule has 0 aromatic carbocycles. The number of aromatic nitrogens is 2. The summed E-state index contributed by atoms with van der Waals surface area (Å²) in [7, 11) is 1.49. The van der Waals surface area contributed by atoms with Crippen molar-refractivity contribution >= 4 is 5.97 Å². The molecule has 0 saturated carbocycles. The maximum absolute atomic E-state index is 10.5. The van der Waals surface area contributed by atoms with Crippen LogP contribution in [0.3, 0.4) is 0 Å². The third kappa shape index (κ3) is 3.51. The maximum Gasteiger partial charge on any atom is 0.320 e. The zero-order valence-corrected chi connectivity index (χ0v) is 8.60. The SMILES string of the molecule is COc1ncc(CN[C@H](C)C(=O)O)cn1. The second kappa shape index (κ2) is 5.26. The number of hydrogen-bond donors (Lipinski definition) is 2. The highest BCUT2D eigenvalue weighted by molar-refractivity contribution is 5.72. The van der Waals surface area contributed by atoms with E-state index < -0.39 is 12.0 Å². The van der Waals surface area contributed by atoms with Crippen LogP contribution >= 0.6 is 0 Å². The third-order valence-electron chi connectivity index (χ3n) is 1.85. The van der Waals surface area contributed by atoms with Crippen LogP contribution in [0, 0.1) is 0 Å². The van der Waals surface area contributed by atoms with E-state index in [4.69, 9.17) is 9.84 Å². The average Bonchev–Trinajstić information content (AvgIpc) is 2.26. The third-order valence-corrected chi connectivity index (χ3v) is 1.85. The highest BCUT2D eigenvalue weighted by Crippen LogP contribution is 2.01. The van der Waals surface area contributed by atoms with Gasteiger partial charge in [0.05, 0.1) is 7.11 Å². The Balaban J connectivity index is 2.47. The van der Waals surface area contributed by atoms with E-state index in [9.17, 15) is 4.79 Å². The van der Waals surface area contributed by atoms with Gasteiger partial charge in [-0.15, -0.1) is 0 Å². The molecule has 0 aliphatic rings. The minimum atomic E-state index is -0.885. The molecule has 0 saturated heterocycles. The Hall–Kier alpha value is -1.69. The van der Waals surface area contributed by atoms with E-state index in [2.05, 4.69) is 15.3 Å². The van der Waals surface area contributed by atoms with Crippen molar-refractivity contribution in [2.45, 2.75) is 19.5 Å². The minimum Gasteiger partial charge on any atom is -0.480 e. The number of nitrogens with zero attached hydrogens (tertiary/aromatic N) is 2. The molecule has 0 fully saturated rings. The summed E-state index contributed by atoms with van der Waals surface area (Å²) in [4.78, 5) is 18.3. The second-order valence-corrected chi connectivity index (χ2v) is 3.02. The lowest BCUT2D eigenvalue weighted by Crippen LogP contribution is -2.33. The normalized spacial score (nSPS) is 12.1. The van der Waals surface area contributed by atoms with Gasteiger partial charge in [-0.3, -0.25) is 4.79 Å². The molecule has 1 atom stereocenters. The molecule has 1 rings (SSSR count). The van der Waals surface area contributed by atoms with E-state index in [1.165, 1.54) is 7.11 Å². The fourth-order valence-electron chi connectivity index (χ4n) is 0.898. The molecular weight excluding hydrogens is 198 g/mol. The molecule has 0 radical (unpaired) electrons. The van der Waals surface area contributed by atoms with Crippen LogP contribution < -0.4 is 10.1 Å². The van der Waals surface area contributed by atoms with Gasteiger partial charge < -0.3 is 15.2 Å². The van der Waals surface area contributed by atoms with Crippen LogP contribution in [0.4, 0.5) is 0 Å². The number of hydrogen-bond acceptors (Lipinski definition) is 5. The molecule has 6 nitrogen and oxygen atoms in total. The standard InChI is InChI=1S/C9H13N3O3/c1-6(8(13)14)10-3-7-4-11-9(15-2)12-5-7/h4-6,10H,3H2,1-2H3,(H,13,14)/t6-/m1/s1. The van der Waals surface area contributed by atoms with Crippen LogP contribution in [-0.2, 0) is 11.3 Å². The molecule has 15 heavy (non-hydrogen) atoms. The number of carbonyl (C=O) groups is 1. The number of methoxy groups -OCH3 is 1. The van der Waals surface area contributed by atoms with Crippen LogP contribution in [0.5, 0.6) is 6.01 Å². The molecule has 0 aliphatic carbocycles. The van der Waals surface area contributed by atoms with Crippen molar-refractivity contribution in [1.29, 1.82) is 0 Å². The molecule has 1 heterocycles. The van der Waals surface area contributed by atoms with Crippen molar-refractivity contribution in [1.82, 2.24) is 15.3 Å². The molecule has 2 N–H and O–H groups in total. The lowest BCUT2D eigenvalue weighted by molar-refractivity contribution is -0.139. The van der Waals surface area contributed by atoms with Crippen molar-refractivity contribution < 1.29 is 14.6 Å². The van der Waals surface area contributed by atoms with E-state index in [0.717, 1.165) is 5.56 Å². The Morgan fingerprint density at radius 2 is 2.20 bits per heavy atom. The van der Waals surface area contributed by atoms with Gasteiger partial charge in [0.25, 0.3) is 0 Å². The fraction of sp³-hybridized carbons (Fsp3) is 0.444. The van der Waals surface area contributed by atoms with Gasteiger partial charge >= 0.3 is 12.0 Å². The molecule has 0 aliphatic heterocycles. The molecule has 0 spiro atoms. The van der Waals surface area contributed by atoms with Crippen LogP contribution in [0.1, 0.15) is 12.5 Å². The summed E-state index contributed by atoms with van der Waals surface area (Å²) in [6, 6.07) is -0.294. The van der Waals surface area contributed by atoms with Crippen LogP contribution in [-0.4, -0.2) is 34.2 Å². The zero-order chi connectivity index (χ0) is 11.3. The summed E-state index contributed by atoms with van der Waals surface area (Å²) in [5.74, 6) is -0.885. The van der Waals surface area contributed by atoms with Gasteiger partial charge in [0.15, 0.2) is 0 Å². The number of carboxylic acid groups (broad SMARTS) is 1. The summed E-state index contributed by atoms with van der Waals surface area (Å²) in [5, 5.41) is 11.4. The highest BCUT2D eigenvalue weighted by Gasteiger charge is 2.09. The van der Waals surface area contributed by atoms with Crippen LogP contribution in [0.25, 0.3) is 0 Å². The first kappa shape index (κ1) is 11.4. The lowest BCUT2D eigenvalue weighted by atomic mass is 10.3. The topological polar surface area (TPSA) is 84.3 Å². The number of ether oxygens (including phenoxy) is 1. The van der Waals surface area contributed by atoms with Gasteiger partial charge in [-0.2, -0.15) is 0 Å². The Kier molecular flexibility index (Phi) is 3.99. The summed E-state index contributed by atoms with van der Waals surface area (Å²) in [5.41, 5.74) is 0.809. The monoisotopic (exact) mass is 211 g/mol. The summed E-state index contributed by atoms with van der Waals surface area (Å²) >= 11 is 0. The maximum atomic E-state index is 10.5. The minimum absolute atomic E-state index is 0.296. The molecule has 6 heteroatoms. The van der Waals surface area contributed by atoms with Crippen molar-refractivity contribution in [2.24, 2.45) is 0 Å². The number of nitrogens with one attached hydrogen (secondary N) is 1. The summed E-state index contributed by atoms with van der Waals surface area (Å²) in [6.45, 7) is 1.99. The van der Waals surface area contributed by atoms with Gasteiger partial charge in [-0.05, 0) is 6.92 Å². The van der Waals surface area contributed by atoms with Gasteiger partial charge in [-0.25, -0.2) is 9.97 Å². The molecule has 82 valence electrons. The first-order valence-corrected chi connectivity index (χ1v) is 4.44. The Morgan fingerprint density at radius 3 is 2.67 bits per heavy atom. The zero-order valence-electron chi connectivity index (χ0n) is 8.60. The first-order valence-electron chi connectivity index (χ1n) is 4.44. The lowest BCUT2D eigenvalue weighted by Gasteiger charge is -2.08. The van der Waals surface area contributed by atoms with Gasteiger partial charge in [-0.1, -0.05) is 0 Å². The smallest absolute Gasteiger partial charge is 0.320 e. The first-order chi connectivity index (χ1) is 7.13. The largest absolute Gasteiger partial charge is 0.480 e. The van der Waals surface area contributed by atoms with Crippen LogP contribution in [0.15, 0.2) is 12.4 Å². The van der Waals surface area contributed by atoms with Crippen molar-refractivity contribution in [2.75, 3.05) is 7.11 Å². The molecule has 0 amide bonds. The number of rotatable bonds is 5. The van der Waals surface area contributed by atoms with Crippen molar-refractivity contribution in [3.8, 4) is 6.01 Å². The number of aliphatic carboxylic acids is 1. The molecule has 1 aromatic rings. The van der Waals surface area contributed by atoms with Crippen LogP contribution in [0.2, 0.25) is 0 Å². The van der Waals surface area contributed by atoms with E-state index in [-0.39, 0.29) is 0 Å². The predicted molar refractivity (Wildman–Crippen MR) is 52.5 cm³/mol. The van der Waals surface area contributed by atoms with Crippen molar-refractivity contribution in [3.05, 3.63) is 18.0 Å². The van der Waals surface area contributed by atoms with E-state index in [1.54, 1.807) is 19.3 Å². The Bertz CT molecular complexity index is 326. The van der Waals surface area contributed by atoms with Gasteiger partial charge in [0, 0.05) is 24.5 Å². The Morgan fingerprint density at radius 1 is 1.60 bits per heavy atom. The van der Waals surface area contributed by atoms with E-state index in [0.29, 0.717) is 12.6 Å². The average molecular weight is 211 g/mol. The quantitative estimate of drug-likeness (QED) is 0.715. The van der Waals surface area contributed by atoms with E-state index in [1.807, 2.05) is 0 Å². The number of carboxylic acids is 1. The molecular formula is C9H13N3O3. The van der Waals surface area contributed by atoms with Gasteiger partial charge in [0.2, 0.25) is 0 Å². The molecule has 1 aromatic heterocycles. The highest BCUT2D eigenvalue weighted by atomic mass is 16.5. The fourth-order valence-corrected chi connectivity index (χ4v) is 0.898. The summed E-state index contributed by atoms with van der Waals surface area (Å²) < 4.78 is 4.80. The van der Waals surface area contributed by atoms with E-state index >= 15 is 0 Å². The van der Waals surface area contributed by atoms with Crippen molar-refractivity contribution in [3.63, 3.8) is 0 Å². The second-order valence-electron chi connectivity index (χ2n) is 3.02. The Labute approximate surface area is 87.3 Å².